The predicted molar refractivity (Wildman–Crippen MR) is 94.2 cm³/mol. The van der Waals surface area contributed by atoms with Crippen LogP contribution in [-0.2, 0) is 4.74 Å². The Balaban J connectivity index is 1.52. The summed E-state index contributed by atoms with van der Waals surface area (Å²) < 4.78 is 11.0. The molecule has 25 heavy (non-hydrogen) atoms. The van der Waals surface area contributed by atoms with Gasteiger partial charge in [0.05, 0.1) is 30.4 Å². The van der Waals surface area contributed by atoms with Crippen LogP contribution in [0.5, 0.6) is 5.88 Å². The number of hydrogen-bond acceptors (Lipinski definition) is 7. The van der Waals surface area contributed by atoms with Crippen molar-refractivity contribution in [1.29, 1.82) is 0 Å². The zero-order valence-corrected chi connectivity index (χ0v) is 14.1. The van der Waals surface area contributed by atoms with E-state index in [1.54, 1.807) is 23.7 Å². The molecule has 0 amide bonds. The summed E-state index contributed by atoms with van der Waals surface area (Å²) in [6, 6.07) is 3.90. The summed E-state index contributed by atoms with van der Waals surface area (Å²) in [6.07, 6.45) is 10.3. The van der Waals surface area contributed by atoms with Crippen molar-refractivity contribution in [3.8, 4) is 27.0 Å². The van der Waals surface area contributed by atoms with Crippen molar-refractivity contribution in [2.75, 3.05) is 13.2 Å². The van der Waals surface area contributed by atoms with Gasteiger partial charge in [-0.25, -0.2) is 15.0 Å². The molecule has 6 nitrogen and oxygen atoms in total. The molecule has 0 saturated carbocycles. The van der Waals surface area contributed by atoms with Gasteiger partial charge < -0.3 is 9.47 Å². The van der Waals surface area contributed by atoms with Crippen molar-refractivity contribution in [1.82, 2.24) is 19.9 Å². The molecule has 124 valence electrons. The summed E-state index contributed by atoms with van der Waals surface area (Å²) in [5, 5.41) is 0.918. The normalized spacial score (nSPS) is 20.2. The Hall–Kier alpha value is -2.64. The fourth-order valence-corrected chi connectivity index (χ4v) is 3.60. The summed E-state index contributed by atoms with van der Waals surface area (Å²) >= 11 is 1.58. The van der Waals surface area contributed by atoms with Gasteiger partial charge in [0.25, 0.3) is 0 Å². The van der Waals surface area contributed by atoms with Gasteiger partial charge in [-0.1, -0.05) is 0 Å². The largest absolute Gasteiger partial charge is 0.476 e. The van der Waals surface area contributed by atoms with E-state index in [2.05, 4.69) is 21.0 Å². The molecule has 5 rings (SSSR count). The zero-order valence-electron chi connectivity index (χ0n) is 13.3. The van der Waals surface area contributed by atoms with Crippen LogP contribution in [0.1, 0.15) is 12.1 Å². The van der Waals surface area contributed by atoms with Crippen LogP contribution >= 0.6 is 11.3 Å². The number of nitrogens with zero attached hydrogens (tertiary/aromatic N) is 4. The van der Waals surface area contributed by atoms with Crippen LogP contribution < -0.4 is 4.74 Å². The topological polar surface area (TPSA) is 73.3 Å². The molecule has 7 heteroatoms. The van der Waals surface area contributed by atoms with E-state index in [1.165, 1.54) is 0 Å². The summed E-state index contributed by atoms with van der Waals surface area (Å²) in [4.78, 5) is 18.9. The van der Waals surface area contributed by atoms with Crippen LogP contribution in [-0.4, -0.2) is 39.3 Å². The minimum Gasteiger partial charge on any atom is -0.476 e. The Morgan fingerprint density at radius 3 is 3.00 bits per heavy atom. The van der Waals surface area contributed by atoms with Crippen LogP contribution in [0.3, 0.4) is 0 Å². The fourth-order valence-electron chi connectivity index (χ4n) is 2.74. The Kier molecular flexibility index (Phi) is 3.53. The molecule has 0 bridgehead atoms. The molecule has 2 aliphatic rings. The molecule has 0 N–H and O–H groups in total. The van der Waals surface area contributed by atoms with Gasteiger partial charge in [-0.3, -0.25) is 4.98 Å². The third-order valence-electron chi connectivity index (χ3n) is 4.07. The molecule has 1 atom stereocenters. The highest BCUT2D eigenvalue weighted by Gasteiger charge is 2.25. The van der Waals surface area contributed by atoms with Crippen molar-refractivity contribution in [3.63, 3.8) is 0 Å². The molecule has 1 saturated heterocycles. The maximum absolute atomic E-state index is 5.65. The smallest absolute Gasteiger partial charge is 0.240 e. The molecular formula is C18H14N4O2S. The molecular weight excluding hydrogens is 336 g/mol. The number of hydrogen-bond donors (Lipinski definition) is 0. The minimum absolute atomic E-state index is 0.215. The van der Waals surface area contributed by atoms with E-state index in [0.717, 1.165) is 45.4 Å². The Morgan fingerprint density at radius 1 is 1.20 bits per heavy atom. The van der Waals surface area contributed by atoms with Gasteiger partial charge in [-0.2, -0.15) is 0 Å². The quantitative estimate of drug-likeness (QED) is 0.675. The fraction of sp³-hybridized carbons (Fsp3) is 0.222. The summed E-state index contributed by atoms with van der Waals surface area (Å²) in [5.74, 6) is 0.596. The maximum atomic E-state index is 5.65. The number of epoxide rings is 1. The molecule has 0 radical (unpaired) electrons. The Labute approximate surface area is 148 Å². The highest BCUT2D eigenvalue weighted by molar-refractivity contribution is 7.18. The Morgan fingerprint density at radius 2 is 2.16 bits per heavy atom. The second kappa shape index (κ2) is 6.02. The summed E-state index contributed by atoms with van der Waals surface area (Å²) in [5.41, 5.74) is 3.77. The van der Waals surface area contributed by atoms with Crippen LogP contribution in [0.15, 0.2) is 43.0 Å². The van der Waals surface area contributed by atoms with E-state index < -0.39 is 0 Å². The first-order chi connectivity index (χ1) is 12.4. The lowest BCUT2D eigenvalue weighted by Gasteiger charge is -2.18. The van der Waals surface area contributed by atoms with Crippen molar-refractivity contribution >= 4 is 16.9 Å². The van der Waals surface area contributed by atoms with Crippen LogP contribution in [0.2, 0.25) is 0 Å². The van der Waals surface area contributed by atoms with E-state index >= 15 is 0 Å². The number of rotatable bonds is 3. The van der Waals surface area contributed by atoms with E-state index in [1.807, 2.05) is 24.5 Å². The average Bonchev–Trinajstić information content (AvgIpc) is 3.34. The van der Waals surface area contributed by atoms with E-state index in [0.29, 0.717) is 12.5 Å². The number of pyridine rings is 1. The van der Waals surface area contributed by atoms with Gasteiger partial charge in [0.15, 0.2) is 0 Å². The molecule has 0 spiro atoms. The number of thiazole rings is 1. The maximum Gasteiger partial charge on any atom is 0.240 e. The van der Waals surface area contributed by atoms with Crippen molar-refractivity contribution in [2.45, 2.75) is 12.5 Å². The van der Waals surface area contributed by atoms with Crippen molar-refractivity contribution in [2.24, 2.45) is 0 Å². The SMILES string of the molecule is C(=C1CCOc2ncc(-c3cnc(-c4cccnc4)s3)nc21)C1CO1. The molecule has 1 fully saturated rings. The standard InChI is InChI=1S/C18H14N4O2S/c1-2-12(7-19-4-1)18-21-9-15(25-18)14-8-20-17-16(22-14)11(3-5-23-17)6-13-10-24-13/h1-2,4,6-9,13H,3,5,10H2. The van der Waals surface area contributed by atoms with Crippen LogP contribution in [0, 0.1) is 0 Å². The highest BCUT2D eigenvalue weighted by atomic mass is 32.1. The first-order valence-corrected chi connectivity index (χ1v) is 8.87. The van der Waals surface area contributed by atoms with Gasteiger partial charge in [0, 0.05) is 30.6 Å². The molecule has 0 aromatic carbocycles. The first-order valence-electron chi connectivity index (χ1n) is 8.06. The number of aromatic nitrogens is 4. The summed E-state index contributed by atoms with van der Waals surface area (Å²) in [7, 11) is 0. The van der Waals surface area contributed by atoms with Gasteiger partial charge >= 0.3 is 0 Å². The van der Waals surface area contributed by atoms with Gasteiger partial charge in [-0.05, 0) is 23.8 Å². The molecule has 0 aliphatic carbocycles. The monoisotopic (exact) mass is 350 g/mol. The molecule has 1 unspecified atom stereocenters. The molecule has 5 heterocycles. The second-order valence-electron chi connectivity index (χ2n) is 5.84. The van der Waals surface area contributed by atoms with Gasteiger partial charge in [-0.15, -0.1) is 11.3 Å². The van der Waals surface area contributed by atoms with Gasteiger partial charge in [0.1, 0.15) is 16.4 Å². The lowest BCUT2D eigenvalue weighted by molar-refractivity contribution is 0.301. The van der Waals surface area contributed by atoms with E-state index in [9.17, 15) is 0 Å². The van der Waals surface area contributed by atoms with E-state index in [4.69, 9.17) is 14.5 Å². The number of ether oxygens (including phenoxy) is 2. The third-order valence-corrected chi connectivity index (χ3v) is 5.14. The minimum atomic E-state index is 0.215. The Bertz CT molecular complexity index is 951. The van der Waals surface area contributed by atoms with Gasteiger partial charge in [0.2, 0.25) is 5.88 Å². The highest BCUT2D eigenvalue weighted by Crippen LogP contribution is 2.35. The van der Waals surface area contributed by atoms with Crippen molar-refractivity contribution in [3.05, 3.63) is 48.7 Å². The van der Waals surface area contributed by atoms with E-state index in [-0.39, 0.29) is 6.10 Å². The molecule has 2 aliphatic heterocycles. The molecule has 3 aromatic heterocycles. The predicted octanol–water partition coefficient (Wildman–Crippen LogP) is 3.23. The first kappa shape index (κ1) is 14.7. The van der Waals surface area contributed by atoms with Crippen molar-refractivity contribution < 1.29 is 9.47 Å². The second-order valence-corrected chi connectivity index (χ2v) is 6.87. The zero-order chi connectivity index (χ0) is 16.6. The lowest BCUT2D eigenvalue weighted by Crippen LogP contribution is -2.12. The lowest BCUT2D eigenvalue weighted by atomic mass is 10.1. The van der Waals surface area contributed by atoms with Crippen LogP contribution in [0.25, 0.3) is 26.7 Å². The van der Waals surface area contributed by atoms with Crippen LogP contribution in [0.4, 0.5) is 0 Å². The average molecular weight is 350 g/mol. The third kappa shape index (κ3) is 2.92. The molecule has 3 aromatic rings. The summed E-state index contributed by atoms with van der Waals surface area (Å²) in [6.45, 7) is 1.42. The number of fused-ring (bicyclic) bond motifs is 1.